The summed E-state index contributed by atoms with van der Waals surface area (Å²) in [4.78, 5) is 24.2. The van der Waals surface area contributed by atoms with E-state index >= 15 is 0 Å². The van der Waals surface area contributed by atoms with Crippen LogP contribution in [-0.4, -0.2) is 16.9 Å². The number of aliphatic hydroxyl groups excluding tert-OH is 1. The second-order valence-electron chi connectivity index (χ2n) is 6.02. The van der Waals surface area contributed by atoms with Crippen LogP contribution in [0, 0.1) is 5.92 Å². The molecule has 126 valence electrons. The number of benzene rings is 2. The van der Waals surface area contributed by atoms with Crippen molar-refractivity contribution in [3.63, 3.8) is 0 Å². The molecule has 0 fully saturated rings. The molecule has 2 amide bonds. The third-order valence-corrected chi connectivity index (χ3v) is 3.58. The summed E-state index contributed by atoms with van der Waals surface area (Å²) in [5.74, 6) is -0.305. The van der Waals surface area contributed by atoms with Gasteiger partial charge in [-0.3, -0.25) is 20.4 Å². The average molecular weight is 326 g/mol. The summed E-state index contributed by atoms with van der Waals surface area (Å²) in [6.07, 6.45) is 0.955. The van der Waals surface area contributed by atoms with Gasteiger partial charge in [-0.05, 0) is 41.7 Å². The van der Waals surface area contributed by atoms with E-state index in [2.05, 4.69) is 24.7 Å². The normalized spacial score (nSPS) is 10.5. The predicted octanol–water partition coefficient (Wildman–Crippen LogP) is 2.45. The van der Waals surface area contributed by atoms with Crippen LogP contribution < -0.4 is 10.9 Å². The standard InChI is InChI=1S/C19H22N2O3/c1-13(2)11-14-7-9-15(10-8-14)18(23)20-21-19(24)17-6-4-3-5-16(17)12-22/h3-10,13,22H,11-12H2,1-2H3,(H,20,23)(H,21,24). The highest BCUT2D eigenvalue weighted by Gasteiger charge is 2.12. The third kappa shape index (κ3) is 4.67. The van der Waals surface area contributed by atoms with Gasteiger partial charge in [0.05, 0.1) is 6.61 Å². The van der Waals surface area contributed by atoms with Crippen molar-refractivity contribution in [2.24, 2.45) is 5.92 Å². The molecule has 0 saturated carbocycles. The van der Waals surface area contributed by atoms with Crippen molar-refractivity contribution in [2.75, 3.05) is 0 Å². The quantitative estimate of drug-likeness (QED) is 0.739. The fourth-order valence-corrected chi connectivity index (χ4v) is 2.40. The van der Waals surface area contributed by atoms with Crippen molar-refractivity contribution in [1.29, 1.82) is 0 Å². The fraction of sp³-hybridized carbons (Fsp3) is 0.263. The summed E-state index contributed by atoms with van der Waals surface area (Å²) in [7, 11) is 0. The van der Waals surface area contributed by atoms with Gasteiger partial charge in [-0.25, -0.2) is 0 Å². The molecule has 24 heavy (non-hydrogen) atoms. The van der Waals surface area contributed by atoms with Crippen LogP contribution in [0.4, 0.5) is 0 Å². The van der Waals surface area contributed by atoms with Crippen molar-refractivity contribution in [1.82, 2.24) is 10.9 Å². The first-order valence-corrected chi connectivity index (χ1v) is 7.89. The van der Waals surface area contributed by atoms with Crippen molar-refractivity contribution in [3.05, 3.63) is 70.8 Å². The maximum Gasteiger partial charge on any atom is 0.270 e. The minimum absolute atomic E-state index is 0.241. The van der Waals surface area contributed by atoms with Crippen molar-refractivity contribution in [3.8, 4) is 0 Å². The average Bonchev–Trinajstić information content (AvgIpc) is 2.59. The summed E-state index contributed by atoms with van der Waals surface area (Å²) < 4.78 is 0. The third-order valence-electron chi connectivity index (χ3n) is 3.58. The number of hydrogen-bond acceptors (Lipinski definition) is 3. The highest BCUT2D eigenvalue weighted by atomic mass is 16.3. The first-order chi connectivity index (χ1) is 11.5. The minimum Gasteiger partial charge on any atom is -0.392 e. The zero-order valence-electron chi connectivity index (χ0n) is 13.9. The molecule has 0 spiro atoms. The van der Waals surface area contributed by atoms with Crippen molar-refractivity contribution >= 4 is 11.8 Å². The second-order valence-corrected chi connectivity index (χ2v) is 6.02. The van der Waals surface area contributed by atoms with Gasteiger partial charge in [0.1, 0.15) is 0 Å². The first-order valence-electron chi connectivity index (χ1n) is 7.89. The van der Waals surface area contributed by atoms with E-state index < -0.39 is 5.91 Å². The Morgan fingerprint density at radius 2 is 1.58 bits per heavy atom. The van der Waals surface area contributed by atoms with E-state index in [4.69, 9.17) is 0 Å². The summed E-state index contributed by atoms with van der Waals surface area (Å²) in [5.41, 5.74) is 7.23. The van der Waals surface area contributed by atoms with E-state index in [1.165, 1.54) is 5.56 Å². The largest absolute Gasteiger partial charge is 0.392 e. The minimum atomic E-state index is -0.468. The molecular formula is C19H22N2O3. The lowest BCUT2D eigenvalue weighted by Gasteiger charge is -2.10. The molecule has 0 aliphatic carbocycles. The van der Waals surface area contributed by atoms with Gasteiger partial charge < -0.3 is 5.11 Å². The molecule has 0 atom stereocenters. The number of carbonyl (C=O) groups is 2. The van der Waals surface area contributed by atoms with Crippen LogP contribution in [0.5, 0.6) is 0 Å². The number of rotatable bonds is 5. The number of nitrogens with one attached hydrogen (secondary N) is 2. The van der Waals surface area contributed by atoms with Crippen LogP contribution >= 0.6 is 0 Å². The number of hydrazine groups is 1. The first kappa shape index (κ1) is 17.7. The molecule has 0 heterocycles. The number of hydrogen-bond donors (Lipinski definition) is 3. The summed E-state index contributed by atoms with van der Waals surface area (Å²) in [6.45, 7) is 4.04. The summed E-state index contributed by atoms with van der Waals surface area (Å²) in [6, 6.07) is 14.0. The summed E-state index contributed by atoms with van der Waals surface area (Å²) >= 11 is 0. The Labute approximate surface area is 141 Å². The fourth-order valence-electron chi connectivity index (χ4n) is 2.40. The monoisotopic (exact) mass is 326 g/mol. The predicted molar refractivity (Wildman–Crippen MR) is 92.3 cm³/mol. The van der Waals surface area contributed by atoms with Crippen LogP contribution in [0.15, 0.2) is 48.5 Å². The molecule has 0 radical (unpaired) electrons. The van der Waals surface area contributed by atoms with Gasteiger partial charge in [0.15, 0.2) is 0 Å². The topological polar surface area (TPSA) is 78.4 Å². The summed E-state index contributed by atoms with van der Waals surface area (Å²) in [5, 5.41) is 9.24. The Morgan fingerprint density at radius 1 is 0.958 bits per heavy atom. The molecule has 0 unspecified atom stereocenters. The van der Waals surface area contributed by atoms with Gasteiger partial charge in [0.25, 0.3) is 11.8 Å². The van der Waals surface area contributed by atoms with Gasteiger partial charge in [-0.1, -0.05) is 44.2 Å². The molecule has 2 aromatic carbocycles. The number of aliphatic hydroxyl groups is 1. The van der Waals surface area contributed by atoms with E-state index in [-0.39, 0.29) is 12.5 Å². The molecule has 2 aromatic rings. The van der Waals surface area contributed by atoms with Gasteiger partial charge in [-0.2, -0.15) is 0 Å². The Bertz CT molecular complexity index is 709. The molecule has 2 rings (SSSR count). The zero-order chi connectivity index (χ0) is 17.5. The number of amides is 2. The Morgan fingerprint density at radius 3 is 2.21 bits per heavy atom. The van der Waals surface area contributed by atoms with Gasteiger partial charge in [-0.15, -0.1) is 0 Å². The maximum atomic E-state index is 12.1. The van der Waals surface area contributed by atoms with E-state index in [1.807, 2.05) is 12.1 Å². The van der Waals surface area contributed by atoms with E-state index in [9.17, 15) is 14.7 Å². The molecule has 0 aliphatic heterocycles. The van der Waals surface area contributed by atoms with Crippen LogP contribution in [0.25, 0.3) is 0 Å². The molecule has 3 N–H and O–H groups in total. The molecule has 0 bridgehead atoms. The highest BCUT2D eigenvalue weighted by Crippen LogP contribution is 2.10. The highest BCUT2D eigenvalue weighted by molar-refractivity contribution is 5.99. The van der Waals surface area contributed by atoms with E-state index in [0.717, 1.165) is 6.42 Å². The molecule has 0 aromatic heterocycles. The van der Waals surface area contributed by atoms with Crippen LogP contribution in [0.1, 0.15) is 45.7 Å². The van der Waals surface area contributed by atoms with Crippen molar-refractivity contribution < 1.29 is 14.7 Å². The van der Waals surface area contributed by atoms with Crippen LogP contribution in [0.3, 0.4) is 0 Å². The number of carbonyl (C=O) groups excluding carboxylic acids is 2. The van der Waals surface area contributed by atoms with Crippen LogP contribution in [-0.2, 0) is 13.0 Å². The van der Waals surface area contributed by atoms with Gasteiger partial charge in [0, 0.05) is 11.1 Å². The Balaban J connectivity index is 1.96. The molecule has 5 nitrogen and oxygen atoms in total. The molecule has 5 heteroatoms. The molecule has 0 saturated heterocycles. The lowest BCUT2D eigenvalue weighted by atomic mass is 10.0. The van der Waals surface area contributed by atoms with Gasteiger partial charge >= 0.3 is 0 Å². The van der Waals surface area contributed by atoms with E-state index in [1.54, 1.807) is 36.4 Å². The van der Waals surface area contributed by atoms with Crippen molar-refractivity contribution in [2.45, 2.75) is 26.9 Å². The molecule has 0 aliphatic rings. The lowest BCUT2D eigenvalue weighted by Crippen LogP contribution is -2.42. The van der Waals surface area contributed by atoms with Gasteiger partial charge in [0.2, 0.25) is 0 Å². The van der Waals surface area contributed by atoms with Crippen LogP contribution in [0.2, 0.25) is 0 Å². The SMILES string of the molecule is CC(C)Cc1ccc(C(=O)NNC(=O)c2ccccc2CO)cc1. The Hall–Kier alpha value is -2.66. The van der Waals surface area contributed by atoms with E-state index in [0.29, 0.717) is 22.6 Å². The second kappa shape index (κ2) is 8.26. The smallest absolute Gasteiger partial charge is 0.270 e. The lowest BCUT2D eigenvalue weighted by molar-refractivity contribution is 0.0845. The molecular weight excluding hydrogens is 304 g/mol. The Kier molecular flexibility index (Phi) is 6.09. The maximum absolute atomic E-state index is 12.1. The zero-order valence-corrected chi connectivity index (χ0v) is 13.9.